The highest BCUT2D eigenvalue weighted by Crippen LogP contribution is 2.03. The Morgan fingerprint density at radius 3 is 2.64 bits per heavy atom. The predicted octanol–water partition coefficient (Wildman–Crippen LogP) is 2.43. The quantitative estimate of drug-likeness (QED) is 0.443. The molecular formula is C8H15FO2. The molecule has 11 heavy (non-hydrogen) atoms. The number of carbonyl (C=O) groups is 1. The van der Waals surface area contributed by atoms with E-state index in [9.17, 15) is 9.18 Å². The topological polar surface area (TPSA) is 26.3 Å². The fourth-order valence-electron chi connectivity index (χ4n) is 0.829. The van der Waals surface area contributed by atoms with Crippen molar-refractivity contribution in [3.05, 3.63) is 0 Å². The van der Waals surface area contributed by atoms with Crippen LogP contribution in [0, 0.1) is 0 Å². The molecule has 0 saturated heterocycles. The first-order chi connectivity index (χ1) is 5.31. The molecule has 0 atom stereocenters. The minimum absolute atomic E-state index is 0.351. The summed E-state index contributed by atoms with van der Waals surface area (Å²) in [4.78, 5) is 10.5. The molecule has 0 unspecified atom stereocenters. The van der Waals surface area contributed by atoms with Crippen molar-refractivity contribution in [1.82, 2.24) is 0 Å². The van der Waals surface area contributed by atoms with Crippen LogP contribution in [0.1, 0.15) is 39.0 Å². The highest BCUT2D eigenvalue weighted by molar-refractivity contribution is 5.69. The predicted molar refractivity (Wildman–Crippen MR) is 40.8 cm³/mol. The molecule has 0 spiro atoms. The SMILES string of the molecule is CCCCCCC(=O)OCF. The Morgan fingerprint density at radius 2 is 2.09 bits per heavy atom. The number of hydrogen-bond acceptors (Lipinski definition) is 2. The van der Waals surface area contributed by atoms with Crippen LogP contribution in [0.3, 0.4) is 0 Å². The molecule has 0 aliphatic carbocycles. The maximum atomic E-state index is 11.4. The average molecular weight is 162 g/mol. The van der Waals surface area contributed by atoms with Crippen molar-refractivity contribution in [1.29, 1.82) is 0 Å². The zero-order valence-corrected chi connectivity index (χ0v) is 6.94. The van der Waals surface area contributed by atoms with Crippen LogP contribution in [0.15, 0.2) is 0 Å². The molecule has 0 aromatic heterocycles. The first-order valence-corrected chi connectivity index (χ1v) is 4.02. The van der Waals surface area contributed by atoms with Gasteiger partial charge in [-0.3, -0.25) is 4.79 Å². The van der Waals surface area contributed by atoms with Crippen molar-refractivity contribution in [3.8, 4) is 0 Å². The number of carbonyl (C=O) groups excluding carboxylic acids is 1. The Hall–Kier alpha value is -0.600. The second-order valence-electron chi connectivity index (χ2n) is 2.44. The van der Waals surface area contributed by atoms with Crippen LogP contribution in [0.2, 0.25) is 0 Å². The molecule has 3 heteroatoms. The van der Waals surface area contributed by atoms with E-state index in [1.54, 1.807) is 0 Å². The Balaban J connectivity index is 3.04. The lowest BCUT2D eigenvalue weighted by atomic mass is 10.2. The second kappa shape index (κ2) is 7.51. The van der Waals surface area contributed by atoms with Crippen molar-refractivity contribution in [2.75, 3.05) is 6.86 Å². The standard InChI is InChI=1S/C8H15FO2/c1-2-3-4-5-6-8(10)11-7-9/h2-7H2,1H3. The molecule has 2 nitrogen and oxygen atoms in total. The lowest BCUT2D eigenvalue weighted by Gasteiger charge is -1.98. The number of unbranched alkanes of at least 4 members (excludes halogenated alkanes) is 3. The summed E-state index contributed by atoms with van der Waals surface area (Å²) in [7, 11) is 0. The zero-order valence-electron chi connectivity index (χ0n) is 6.94. The highest BCUT2D eigenvalue weighted by atomic mass is 19.1. The van der Waals surface area contributed by atoms with E-state index < -0.39 is 12.8 Å². The Kier molecular flexibility index (Phi) is 7.10. The summed E-state index contributed by atoms with van der Waals surface area (Å²) in [5, 5.41) is 0. The normalized spacial score (nSPS) is 9.64. The lowest BCUT2D eigenvalue weighted by molar-refractivity contribution is -0.147. The fraction of sp³-hybridized carbons (Fsp3) is 0.875. The lowest BCUT2D eigenvalue weighted by Crippen LogP contribution is -2.02. The summed E-state index contributed by atoms with van der Waals surface area (Å²) in [6.07, 6.45) is 4.45. The van der Waals surface area contributed by atoms with Crippen LogP contribution < -0.4 is 0 Å². The summed E-state index contributed by atoms with van der Waals surface area (Å²) in [5.41, 5.74) is 0. The van der Waals surface area contributed by atoms with Crippen molar-refractivity contribution in [2.45, 2.75) is 39.0 Å². The molecule has 0 aliphatic rings. The molecule has 0 fully saturated rings. The molecule has 0 aromatic carbocycles. The number of halogens is 1. The summed E-state index contributed by atoms with van der Waals surface area (Å²) in [5.74, 6) is -0.427. The largest absolute Gasteiger partial charge is 0.434 e. The van der Waals surface area contributed by atoms with Gasteiger partial charge in [0.15, 0.2) is 0 Å². The minimum atomic E-state index is -0.993. The molecule has 0 heterocycles. The molecule has 0 bridgehead atoms. The van der Waals surface area contributed by atoms with E-state index in [1.165, 1.54) is 0 Å². The maximum absolute atomic E-state index is 11.4. The van der Waals surface area contributed by atoms with Gasteiger partial charge in [0.05, 0.1) is 0 Å². The zero-order chi connectivity index (χ0) is 8.53. The van der Waals surface area contributed by atoms with Gasteiger partial charge in [0.2, 0.25) is 6.86 Å². The molecule has 66 valence electrons. The number of esters is 1. The number of ether oxygens (including phenoxy) is 1. The van der Waals surface area contributed by atoms with Gasteiger partial charge in [0, 0.05) is 6.42 Å². The fourth-order valence-corrected chi connectivity index (χ4v) is 0.829. The van der Waals surface area contributed by atoms with Crippen LogP contribution in [0.4, 0.5) is 4.39 Å². The van der Waals surface area contributed by atoms with Gasteiger partial charge >= 0.3 is 5.97 Å². The second-order valence-corrected chi connectivity index (χ2v) is 2.44. The average Bonchev–Trinajstić information content (AvgIpc) is 1.99. The van der Waals surface area contributed by atoms with Crippen molar-refractivity contribution >= 4 is 5.97 Å². The molecule has 0 amide bonds. The van der Waals surface area contributed by atoms with Gasteiger partial charge in [-0.25, -0.2) is 4.39 Å². The Labute approximate surface area is 66.7 Å². The summed E-state index contributed by atoms with van der Waals surface area (Å²) >= 11 is 0. The van der Waals surface area contributed by atoms with E-state index in [4.69, 9.17) is 0 Å². The van der Waals surface area contributed by atoms with E-state index in [0.717, 1.165) is 25.7 Å². The third-order valence-electron chi connectivity index (χ3n) is 1.45. The van der Waals surface area contributed by atoms with Crippen molar-refractivity contribution in [2.24, 2.45) is 0 Å². The monoisotopic (exact) mass is 162 g/mol. The first kappa shape index (κ1) is 10.4. The molecule has 0 saturated carbocycles. The van der Waals surface area contributed by atoms with Crippen LogP contribution in [-0.4, -0.2) is 12.8 Å². The van der Waals surface area contributed by atoms with Gasteiger partial charge in [-0.15, -0.1) is 0 Å². The van der Waals surface area contributed by atoms with Gasteiger partial charge in [-0.1, -0.05) is 26.2 Å². The Bertz CT molecular complexity index is 104. The van der Waals surface area contributed by atoms with Gasteiger partial charge in [0.1, 0.15) is 0 Å². The summed E-state index contributed by atoms with van der Waals surface area (Å²) in [6.45, 7) is 1.10. The van der Waals surface area contributed by atoms with Gasteiger partial charge in [-0.05, 0) is 6.42 Å². The number of hydrogen-bond donors (Lipinski definition) is 0. The first-order valence-electron chi connectivity index (χ1n) is 4.02. The summed E-state index contributed by atoms with van der Waals surface area (Å²) < 4.78 is 15.5. The molecule has 0 radical (unpaired) electrons. The molecule has 0 aromatic rings. The van der Waals surface area contributed by atoms with E-state index in [-0.39, 0.29) is 0 Å². The van der Waals surface area contributed by atoms with E-state index >= 15 is 0 Å². The van der Waals surface area contributed by atoms with Crippen LogP contribution in [0.25, 0.3) is 0 Å². The molecule has 0 aliphatic heterocycles. The summed E-state index contributed by atoms with van der Waals surface area (Å²) in [6, 6.07) is 0. The van der Waals surface area contributed by atoms with Gasteiger partial charge in [0.25, 0.3) is 0 Å². The Morgan fingerprint density at radius 1 is 1.36 bits per heavy atom. The van der Waals surface area contributed by atoms with E-state index in [2.05, 4.69) is 11.7 Å². The van der Waals surface area contributed by atoms with Crippen molar-refractivity contribution < 1.29 is 13.9 Å². The molecule has 0 N–H and O–H groups in total. The number of alkyl halides is 1. The van der Waals surface area contributed by atoms with E-state index in [1.807, 2.05) is 0 Å². The third kappa shape index (κ3) is 7.30. The van der Waals surface area contributed by atoms with Crippen LogP contribution in [-0.2, 0) is 9.53 Å². The molecule has 0 rings (SSSR count). The van der Waals surface area contributed by atoms with Crippen LogP contribution in [0.5, 0.6) is 0 Å². The number of rotatable bonds is 6. The smallest absolute Gasteiger partial charge is 0.308 e. The highest BCUT2D eigenvalue weighted by Gasteiger charge is 2.00. The third-order valence-corrected chi connectivity index (χ3v) is 1.45. The van der Waals surface area contributed by atoms with E-state index in [0.29, 0.717) is 6.42 Å². The molecular weight excluding hydrogens is 147 g/mol. The maximum Gasteiger partial charge on any atom is 0.308 e. The van der Waals surface area contributed by atoms with Gasteiger partial charge in [-0.2, -0.15) is 0 Å². The van der Waals surface area contributed by atoms with Gasteiger partial charge < -0.3 is 4.74 Å². The minimum Gasteiger partial charge on any atom is -0.434 e. The van der Waals surface area contributed by atoms with Crippen molar-refractivity contribution in [3.63, 3.8) is 0 Å². The van der Waals surface area contributed by atoms with Crippen LogP contribution >= 0.6 is 0 Å².